The molecular weight excluding hydrogens is 278 g/mol. The molecule has 1 heterocycles. The summed E-state index contributed by atoms with van der Waals surface area (Å²) in [6, 6.07) is 3.96. The van der Waals surface area contributed by atoms with Crippen LogP contribution in [0.3, 0.4) is 0 Å². The molecule has 1 aromatic carbocycles. The van der Waals surface area contributed by atoms with Gasteiger partial charge >= 0.3 is 5.97 Å². The van der Waals surface area contributed by atoms with E-state index in [9.17, 15) is 13.2 Å². The first-order chi connectivity index (χ1) is 8.37. The van der Waals surface area contributed by atoms with Crippen LogP contribution in [0.4, 0.5) is 5.69 Å². The zero-order chi connectivity index (χ0) is 13.3. The highest BCUT2D eigenvalue weighted by Crippen LogP contribution is 2.23. The molecule has 1 atom stereocenters. The number of carboxylic acid groups (broad SMARTS) is 1. The van der Waals surface area contributed by atoms with Gasteiger partial charge in [0.2, 0.25) is 0 Å². The standard InChI is InChI=1S/C11H10ClNO4S/c12-7-1-2-10(9(5-7)11(14)15)13-8-3-4-18(16,17)6-8/h1-5,8,13H,6H2,(H,14,15). The second kappa shape index (κ2) is 4.62. The average Bonchev–Trinajstić information content (AvgIpc) is 2.60. The minimum Gasteiger partial charge on any atom is -0.478 e. The molecule has 0 aromatic heterocycles. The summed E-state index contributed by atoms with van der Waals surface area (Å²) in [5, 5.41) is 13.3. The molecule has 0 spiro atoms. The maximum atomic E-state index is 11.2. The highest BCUT2D eigenvalue weighted by Gasteiger charge is 2.23. The van der Waals surface area contributed by atoms with E-state index in [4.69, 9.17) is 16.7 Å². The summed E-state index contributed by atoms with van der Waals surface area (Å²) in [4.78, 5) is 11.0. The minimum atomic E-state index is -3.17. The Hall–Kier alpha value is -1.53. The smallest absolute Gasteiger partial charge is 0.337 e. The van der Waals surface area contributed by atoms with Crippen molar-refractivity contribution in [2.45, 2.75) is 6.04 Å². The second-order valence-electron chi connectivity index (χ2n) is 3.90. The summed E-state index contributed by atoms with van der Waals surface area (Å²) < 4.78 is 22.5. The van der Waals surface area contributed by atoms with Crippen molar-refractivity contribution >= 4 is 33.1 Å². The molecule has 1 aliphatic heterocycles. The first-order valence-electron chi connectivity index (χ1n) is 5.08. The van der Waals surface area contributed by atoms with Crippen molar-refractivity contribution in [3.63, 3.8) is 0 Å². The molecule has 2 N–H and O–H groups in total. The number of anilines is 1. The van der Waals surface area contributed by atoms with Crippen molar-refractivity contribution < 1.29 is 18.3 Å². The number of nitrogens with one attached hydrogen (secondary N) is 1. The van der Waals surface area contributed by atoms with Crippen LogP contribution >= 0.6 is 11.6 Å². The summed E-state index contributed by atoms with van der Waals surface area (Å²) in [6.07, 6.45) is 1.50. The first-order valence-corrected chi connectivity index (χ1v) is 7.17. The number of halogens is 1. The lowest BCUT2D eigenvalue weighted by Crippen LogP contribution is -2.22. The molecule has 1 aromatic rings. The number of carbonyl (C=O) groups is 1. The van der Waals surface area contributed by atoms with E-state index in [1.807, 2.05) is 0 Å². The Morgan fingerprint density at radius 2 is 2.17 bits per heavy atom. The molecule has 0 amide bonds. The van der Waals surface area contributed by atoms with Gasteiger partial charge in [-0.3, -0.25) is 0 Å². The Kier molecular flexibility index (Phi) is 3.32. The fraction of sp³-hybridized carbons (Fsp3) is 0.182. The topological polar surface area (TPSA) is 83.5 Å². The molecule has 7 heteroatoms. The number of aromatic carboxylic acids is 1. The van der Waals surface area contributed by atoms with Crippen molar-refractivity contribution in [3.8, 4) is 0 Å². The number of carboxylic acids is 1. The van der Waals surface area contributed by atoms with Crippen LogP contribution in [-0.2, 0) is 9.84 Å². The van der Waals surface area contributed by atoms with Crippen molar-refractivity contribution in [1.82, 2.24) is 0 Å². The van der Waals surface area contributed by atoms with Crippen LogP contribution < -0.4 is 5.32 Å². The number of rotatable bonds is 3. The van der Waals surface area contributed by atoms with Crippen LogP contribution in [-0.4, -0.2) is 31.3 Å². The van der Waals surface area contributed by atoms with Crippen LogP contribution in [0.1, 0.15) is 10.4 Å². The number of hydrogen-bond donors (Lipinski definition) is 2. The molecule has 0 bridgehead atoms. The number of hydrogen-bond acceptors (Lipinski definition) is 4. The SMILES string of the molecule is O=C(O)c1cc(Cl)ccc1NC1C=CS(=O)(=O)C1. The van der Waals surface area contributed by atoms with Crippen molar-refractivity contribution in [2.75, 3.05) is 11.1 Å². The van der Waals surface area contributed by atoms with Gasteiger partial charge in [0.15, 0.2) is 9.84 Å². The van der Waals surface area contributed by atoms with E-state index >= 15 is 0 Å². The maximum absolute atomic E-state index is 11.2. The third-order valence-electron chi connectivity index (χ3n) is 2.48. The summed E-state index contributed by atoms with van der Waals surface area (Å²) in [5.41, 5.74) is 0.360. The number of sulfone groups is 1. The third-order valence-corrected chi connectivity index (χ3v) is 4.11. The summed E-state index contributed by atoms with van der Waals surface area (Å²) in [5.74, 6) is -1.20. The van der Waals surface area contributed by atoms with E-state index in [0.29, 0.717) is 10.7 Å². The van der Waals surface area contributed by atoms with Crippen LogP contribution in [0.2, 0.25) is 5.02 Å². The molecular formula is C11H10ClNO4S. The van der Waals surface area contributed by atoms with Crippen molar-refractivity contribution in [3.05, 3.63) is 40.3 Å². The Balaban J connectivity index is 2.25. The molecule has 2 rings (SSSR count). The minimum absolute atomic E-state index is 0.0141. The van der Waals surface area contributed by atoms with Gasteiger partial charge in [-0.05, 0) is 18.2 Å². The zero-order valence-corrected chi connectivity index (χ0v) is 10.7. The van der Waals surface area contributed by atoms with E-state index in [2.05, 4.69) is 5.32 Å². The van der Waals surface area contributed by atoms with Gasteiger partial charge in [-0.1, -0.05) is 17.7 Å². The summed E-state index contributed by atoms with van der Waals surface area (Å²) in [7, 11) is -3.17. The van der Waals surface area contributed by atoms with E-state index in [1.165, 1.54) is 18.2 Å². The summed E-state index contributed by atoms with van der Waals surface area (Å²) in [6.45, 7) is 0. The highest BCUT2D eigenvalue weighted by atomic mass is 35.5. The van der Waals surface area contributed by atoms with Crippen LogP contribution in [0.5, 0.6) is 0 Å². The average molecular weight is 288 g/mol. The molecule has 18 heavy (non-hydrogen) atoms. The molecule has 0 aliphatic carbocycles. The van der Waals surface area contributed by atoms with Gasteiger partial charge in [-0.15, -0.1) is 0 Å². The van der Waals surface area contributed by atoms with Gasteiger partial charge in [0.1, 0.15) is 0 Å². The largest absolute Gasteiger partial charge is 0.478 e. The molecule has 0 radical (unpaired) electrons. The van der Waals surface area contributed by atoms with Crippen LogP contribution in [0.25, 0.3) is 0 Å². The lowest BCUT2D eigenvalue weighted by Gasteiger charge is -2.14. The molecule has 96 valence electrons. The maximum Gasteiger partial charge on any atom is 0.337 e. The normalized spacial score (nSPS) is 20.8. The molecule has 0 saturated carbocycles. The molecule has 1 aliphatic rings. The van der Waals surface area contributed by atoms with Crippen molar-refractivity contribution in [2.24, 2.45) is 0 Å². The number of benzene rings is 1. The van der Waals surface area contributed by atoms with E-state index in [0.717, 1.165) is 5.41 Å². The van der Waals surface area contributed by atoms with Gasteiger partial charge in [0.05, 0.1) is 17.4 Å². The van der Waals surface area contributed by atoms with E-state index in [1.54, 1.807) is 6.07 Å². The first kappa shape index (κ1) is 12.9. The monoisotopic (exact) mass is 287 g/mol. The van der Waals surface area contributed by atoms with E-state index < -0.39 is 21.8 Å². The molecule has 5 nitrogen and oxygen atoms in total. The fourth-order valence-electron chi connectivity index (χ4n) is 1.68. The Labute approximate surface area is 109 Å². The van der Waals surface area contributed by atoms with Crippen LogP contribution in [0.15, 0.2) is 29.7 Å². The van der Waals surface area contributed by atoms with Gasteiger partial charge in [0.25, 0.3) is 0 Å². The summed E-state index contributed by atoms with van der Waals surface area (Å²) >= 11 is 5.72. The van der Waals surface area contributed by atoms with Crippen LogP contribution in [0, 0.1) is 0 Å². The van der Waals surface area contributed by atoms with E-state index in [-0.39, 0.29) is 11.3 Å². The lowest BCUT2D eigenvalue weighted by molar-refractivity contribution is 0.0698. The second-order valence-corrected chi connectivity index (χ2v) is 6.27. The zero-order valence-electron chi connectivity index (χ0n) is 9.13. The Bertz CT molecular complexity index is 624. The van der Waals surface area contributed by atoms with Crippen molar-refractivity contribution in [1.29, 1.82) is 0 Å². The predicted octanol–water partition coefficient (Wildman–Crippen LogP) is 1.76. The lowest BCUT2D eigenvalue weighted by atomic mass is 10.1. The highest BCUT2D eigenvalue weighted by molar-refractivity contribution is 7.94. The molecule has 0 fully saturated rings. The van der Waals surface area contributed by atoms with Gasteiger partial charge in [-0.25, -0.2) is 13.2 Å². The fourth-order valence-corrected chi connectivity index (χ4v) is 3.09. The molecule has 1 unspecified atom stereocenters. The quantitative estimate of drug-likeness (QED) is 0.885. The van der Waals surface area contributed by atoms with Gasteiger partial charge < -0.3 is 10.4 Å². The predicted molar refractivity (Wildman–Crippen MR) is 68.7 cm³/mol. The Morgan fingerprint density at radius 3 is 2.72 bits per heavy atom. The van der Waals surface area contributed by atoms with Gasteiger partial charge in [0, 0.05) is 16.1 Å². The molecule has 0 saturated heterocycles. The third kappa shape index (κ3) is 2.83. The Morgan fingerprint density at radius 1 is 1.44 bits per heavy atom. The van der Waals surface area contributed by atoms with Gasteiger partial charge in [-0.2, -0.15) is 0 Å².